The lowest BCUT2D eigenvalue weighted by Gasteiger charge is -2.29. The largest absolute Gasteiger partial charge is 0.478 e. The van der Waals surface area contributed by atoms with Crippen molar-refractivity contribution >= 4 is 29.1 Å². The van der Waals surface area contributed by atoms with Crippen LogP contribution in [0.2, 0.25) is 0 Å². The summed E-state index contributed by atoms with van der Waals surface area (Å²) in [5, 5.41) is 12.5. The quantitative estimate of drug-likeness (QED) is 0.705. The van der Waals surface area contributed by atoms with E-state index in [1.165, 1.54) is 10.4 Å². The van der Waals surface area contributed by atoms with E-state index >= 15 is 0 Å². The van der Waals surface area contributed by atoms with Gasteiger partial charge in [-0.05, 0) is 47.7 Å². The van der Waals surface area contributed by atoms with Gasteiger partial charge in [-0.3, -0.25) is 4.98 Å². The van der Waals surface area contributed by atoms with Crippen molar-refractivity contribution in [2.75, 3.05) is 12.3 Å². The average molecular weight is 373 g/mol. The van der Waals surface area contributed by atoms with Crippen LogP contribution in [0.25, 0.3) is 0 Å². The molecule has 6 heteroatoms. The lowest BCUT2D eigenvalue weighted by Crippen LogP contribution is -2.26. The van der Waals surface area contributed by atoms with Crippen molar-refractivity contribution in [3.05, 3.63) is 75.2 Å². The number of aryl methyl sites for hydroxylation is 1. The highest BCUT2D eigenvalue weighted by Crippen LogP contribution is 2.31. The highest BCUT2D eigenvalue weighted by Gasteiger charge is 2.21. The zero-order valence-corrected chi connectivity index (χ0v) is 15.4. The predicted octanol–water partition coefficient (Wildman–Crippen LogP) is 4.18. The first-order chi connectivity index (χ1) is 12.2. The Hall–Kier alpha value is -2.05. The summed E-state index contributed by atoms with van der Waals surface area (Å²) in [5.41, 5.74) is 1.61. The Balaban J connectivity index is 1.64. The SMILES string of the molecule is O=C(O)C1=C(SCCCc2cccnc2)N(Cc2cccs2)CC=C1. The molecule has 25 heavy (non-hydrogen) atoms. The predicted molar refractivity (Wildman–Crippen MR) is 104 cm³/mol. The molecule has 0 spiro atoms. The molecule has 1 aliphatic heterocycles. The molecule has 3 heterocycles. The number of aromatic nitrogens is 1. The van der Waals surface area contributed by atoms with E-state index in [-0.39, 0.29) is 0 Å². The topological polar surface area (TPSA) is 53.4 Å². The number of thioether (sulfide) groups is 1. The summed E-state index contributed by atoms with van der Waals surface area (Å²) in [6.45, 7) is 1.50. The fourth-order valence-electron chi connectivity index (χ4n) is 2.67. The zero-order chi connectivity index (χ0) is 17.5. The Morgan fingerprint density at radius 3 is 3.00 bits per heavy atom. The minimum absolute atomic E-state index is 0.397. The molecule has 1 aliphatic rings. The smallest absolute Gasteiger partial charge is 0.338 e. The van der Waals surface area contributed by atoms with Crippen LogP contribution in [0, 0.1) is 0 Å². The van der Waals surface area contributed by atoms with Gasteiger partial charge in [0, 0.05) is 23.8 Å². The molecule has 130 valence electrons. The molecule has 1 N–H and O–H groups in total. The number of carboxylic acid groups (broad SMARTS) is 1. The highest BCUT2D eigenvalue weighted by molar-refractivity contribution is 8.03. The molecule has 0 amide bonds. The van der Waals surface area contributed by atoms with Gasteiger partial charge in [-0.25, -0.2) is 4.79 Å². The third-order valence-corrected chi connectivity index (χ3v) is 5.96. The maximum atomic E-state index is 11.6. The van der Waals surface area contributed by atoms with Crippen molar-refractivity contribution in [2.24, 2.45) is 0 Å². The van der Waals surface area contributed by atoms with Crippen LogP contribution in [-0.2, 0) is 17.8 Å². The monoisotopic (exact) mass is 372 g/mol. The first kappa shape index (κ1) is 17.8. The third-order valence-electron chi connectivity index (χ3n) is 3.86. The summed E-state index contributed by atoms with van der Waals surface area (Å²) in [7, 11) is 0. The molecule has 2 aromatic rings. The van der Waals surface area contributed by atoms with Crippen LogP contribution < -0.4 is 0 Å². The molecule has 3 rings (SSSR count). The first-order valence-electron chi connectivity index (χ1n) is 8.17. The Labute approximate surface area is 155 Å². The van der Waals surface area contributed by atoms with E-state index in [9.17, 15) is 9.90 Å². The lowest BCUT2D eigenvalue weighted by molar-refractivity contribution is -0.132. The van der Waals surface area contributed by atoms with Crippen LogP contribution in [0.4, 0.5) is 0 Å². The van der Waals surface area contributed by atoms with E-state index in [0.29, 0.717) is 5.57 Å². The molecule has 0 unspecified atom stereocenters. The van der Waals surface area contributed by atoms with E-state index in [0.717, 1.165) is 36.7 Å². The van der Waals surface area contributed by atoms with Crippen LogP contribution in [0.5, 0.6) is 0 Å². The zero-order valence-electron chi connectivity index (χ0n) is 13.8. The number of thiophene rings is 1. The first-order valence-corrected chi connectivity index (χ1v) is 10.0. The molecular formula is C19H20N2O2S2. The number of hydrogen-bond donors (Lipinski definition) is 1. The van der Waals surface area contributed by atoms with Crippen molar-refractivity contribution in [3.63, 3.8) is 0 Å². The molecule has 0 saturated carbocycles. The number of hydrogen-bond acceptors (Lipinski definition) is 5. The van der Waals surface area contributed by atoms with Gasteiger partial charge in [-0.2, -0.15) is 0 Å². The fourth-order valence-corrected chi connectivity index (χ4v) is 4.51. The second kappa shape index (κ2) is 8.87. The standard InChI is InChI=1S/C19H20N2O2S2/c22-19(23)17-8-2-10-21(14-16-7-4-11-24-16)18(17)25-12-3-6-15-5-1-9-20-13-15/h1-2,4-5,7-9,11,13H,3,6,10,12,14H2,(H,22,23). The van der Waals surface area contributed by atoms with E-state index < -0.39 is 5.97 Å². The van der Waals surface area contributed by atoms with E-state index in [1.807, 2.05) is 24.4 Å². The van der Waals surface area contributed by atoms with Crippen molar-refractivity contribution in [3.8, 4) is 0 Å². The van der Waals surface area contributed by atoms with Crippen LogP contribution in [-0.4, -0.2) is 33.3 Å². The minimum atomic E-state index is -0.859. The van der Waals surface area contributed by atoms with E-state index in [1.54, 1.807) is 35.4 Å². The van der Waals surface area contributed by atoms with Gasteiger partial charge in [0.15, 0.2) is 0 Å². The molecule has 4 nitrogen and oxygen atoms in total. The number of rotatable bonds is 8. The summed E-state index contributed by atoms with van der Waals surface area (Å²) in [4.78, 5) is 19.1. The van der Waals surface area contributed by atoms with Gasteiger partial charge in [0.25, 0.3) is 0 Å². The summed E-state index contributed by atoms with van der Waals surface area (Å²) in [5.74, 6) is 0.0253. The Morgan fingerprint density at radius 1 is 1.36 bits per heavy atom. The summed E-state index contributed by atoms with van der Waals surface area (Å²) >= 11 is 3.34. The minimum Gasteiger partial charge on any atom is -0.478 e. The third kappa shape index (κ3) is 4.96. The van der Waals surface area contributed by atoms with Crippen molar-refractivity contribution < 1.29 is 9.90 Å². The van der Waals surface area contributed by atoms with Crippen molar-refractivity contribution in [2.45, 2.75) is 19.4 Å². The van der Waals surface area contributed by atoms with Gasteiger partial charge in [-0.1, -0.05) is 18.2 Å². The Morgan fingerprint density at radius 2 is 2.28 bits per heavy atom. The lowest BCUT2D eigenvalue weighted by atomic mass is 10.2. The molecule has 0 aliphatic carbocycles. The molecule has 0 fully saturated rings. The summed E-state index contributed by atoms with van der Waals surface area (Å²) in [6, 6.07) is 8.14. The van der Waals surface area contributed by atoms with Gasteiger partial charge < -0.3 is 10.0 Å². The Kier molecular flexibility index (Phi) is 6.30. The van der Waals surface area contributed by atoms with Crippen LogP contribution in [0.15, 0.2) is 64.8 Å². The van der Waals surface area contributed by atoms with Gasteiger partial charge in [0.05, 0.1) is 17.1 Å². The average Bonchev–Trinajstić information content (AvgIpc) is 3.13. The molecule has 0 radical (unpaired) electrons. The maximum absolute atomic E-state index is 11.6. The van der Waals surface area contributed by atoms with Gasteiger partial charge in [0.2, 0.25) is 0 Å². The molecular weight excluding hydrogens is 352 g/mol. The number of carboxylic acids is 1. The van der Waals surface area contributed by atoms with E-state index in [4.69, 9.17) is 0 Å². The van der Waals surface area contributed by atoms with Crippen molar-refractivity contribution in [1.82, 2.24) is 9.88 Å². The summed E-state index contributed by atoms with van der Waals surface area (Å²) in [6.07, 6.45) is 9.27. The molecule has 0 atom stereocenters. The molecule has 0 aromatic carbocycles. The highest BCUT2D eigenvalue weighted by atomic mass is 32.2. The second-order valence-electron chi connectivity index (χ2n) is 5.70. The van der Waals surface area contributed by atoms with Gasteiger partial charge in [0.1, 0.15) is 0 Å². The van der Waals surface area contributed by atoms with E-state index in [2.05, 4.69) is 27.4 Å². The van der Waals surface area contributed by atoms with Crippen LogP contribution >= 0.6 is 23.1 Å². The molecule has 0 saturated heterocycles. The second-order valence-corrected chi connectivity index (χ2v) is 7.82. The fraction of sp³-hybridized carbons (Fsp3) is 0.263. The number of pyridine rings is 1. The van der Waals surface area contributed by atoms with Gasteiger partial charge >= 0.3 is 5.97 Å². The molecule has 0 bridgehead atoms. The van der Waals surface area contributed by atoms with Crippen molar-refractivity contribution in [1.29, 1.82) is 0 Å². The van der Waals surface area contributed by atoms with Crippen LogP contribution in [0.1, 0.15) is 16.9 Å². The number of carbonyl (C=O) groups is 1. The number of nitrogens with zero attached hydrogens (tertiary/aromatic N) is 2. The Bertz CT molecular complexity index is 755. The van der Waals surface area contributed by atoms with Gasteiger partial charge in [-0.15, -0.1) is 23.1 Å². The normalized spacial score (nSPS) is 14.2. The van der Waals surface area contributed by atoms with Crippen LogP contribution in [0.3, 0.4) is 0 Å². The number of aliphatic carboxylic acids is 1. The molecule has 2 aromatic heterocycles. The maximum Gasteiger partial charge on any atom is 0.338 e. The summed E-state index contributed by atoms with van der Waals surface area (Å²) < 4.78 is 0.